The first-order valence-electron chi connectivity index (χ1n) is 14.5. The number of anilines is 1. The molecule has 1 aliphatic carbocycles. The van der Waals surface area contributed by atoms with Gasteiger partial charge in [-0.25, -0.2) is 4.39 Å². The highest BCUT2D eigenvalue weighted by Gasteiger charge is 2.54. The Morgan fingerprint density at radius 2 is 1.88 bits per heavy atom. The lowest BCUT2D eigenvalue weighted by Crippen LogP contribution is -2.56. The summed E-state index contributed by atoms with van der Waals surface area (Å²) in [4.78, 5) is 30.2. The van der Waals surface area contributed by atoms with Crippen molar-refractivity contribution in [2.24, 2.45) is 11.3 Å². The zero-order chi connectivity index (χ0) is 30.2. The number of rotatable bonds is 9. The highest BCUT2D eigenvalue weighted by atomic mass is 35.5. The maximum Gasteiger partial charge on any atom is 0.229 e. The number of carbonyl (C=O) groups is 2. The Morgan fingerprint density at radius 1 is 1.12 bits per heavy atom. The van der Waals surface area contributed by atoms with Gasteiger partial charge in [0, 0.05) is 35.2 Å². The summed E-state index contributed by atoms with van der Waals surface area (Å²) >= 11 is 12.5. The van der Waals surface area contributed by atoms with Crippen molar-refractivity contribution in [3.8, 4) is 5.75 Å². The van der Waals surface area contributed by atoms with Crippen molar-refractivity contribution in [3.63, 3.8) is 0 Å². The third-order valence-electron chi connectivity index (χ3n) is 8.85. The molecule has 1 N–H and O–H groups in total. The lowest BCUT2D eigenvalue weighted by Gasteiger charge is -2.52. The maximum absolute atomic E-state index is 14.9. The van der Waals surface area contributed by atoms with Gasteiger partial charge in [-0.15, -0.1) is 0 Å². The smallest absolute Gasteiger partial charge is 0.229 e. The number of benzene rings is 3. The van der Waals surface area contributed by atoms with E-state index in [1.807, 2.05) is 61.2 Å². The molecule has 3 aromatic rings. The van der Waals surface area contributed by atoms with Crippen LogP contribution in [0.3, 0.4) is 0 Å². The largest absolute Gasteiger partial charge is 0.496 e. The van der Waals surface area contributed by atoms with Crippen LogP contribution in [0, 0.1) is 24.1 Å². The van der Waals surface area contributed by atoms with Gasteiger partial charge in [-0.05, 0) is 85.5 Å². The predicted molar refractivity (Wildman–Crippen MR) is 166 cm³/mol. The van der Waals surface area contributed by atoms with Crippen LogP contribution in [0.4, 0.5) is 10.1 Å². The highest BCUT2D eigenvalue weighted by molar-refractivity contribution is 6.31. The Balaban J connectivity index is 1.57. The number of hydrogen-bond donors (Lipinski definition) is 1. The van der Waals surface area contributed by atoms with Crippen molar-refractivity contribution in [2.45, 2.75) is 70.9 Å². The Hall–Kier alpha value is -3.09. The summed E-state index contributed by atoms with van der Waals surface area (Å²) in [7, 11) is 1.59. The first kappa shape index (κ1) is 30.4. The topological polar surface area (TPSA) is 58.6 Å². The number of piperidine rings is 1. The van der Waals surface area contributed by atoms with Crippen molar-refractivity contribution in [2.75, 3.05) is 12.4 Å². The van der Waals surface area contributed by atoms with Gasteiger partial charge >= 0.3 is 0 Å². The minimum absolute atomic E-state index is 0.00160. The molecule has 42 heavy (non-hydrogen) atoms. The van der Waals surface area contributed by atoms with Crippen molar-refractivity contribution < 1.29 is 18.7 Å². The Labute approximate surface area is 257 Å². The van der Waals surface area contributed by atoms with Crippen LogP contribution in [0.2, 0.25) is 10.0 Å². The van der Waals surface area contributed by atoms with Crippen LogP contribution in [0.25, 0.3) is 0 Å². The average Bonchev–Trinajstić information content (AvgIpc) is 3.79. The molecule has 5 nitrogen and oxygen atoms in total. The summed E-state index contributed by atoms with van der Waals surface area (Å²) in [5, 5.41) is 3.59. The van der Waals surface area contributed by atoms with E-state index < -0.39 is 17.3 Å². The highest BCUT2D eigenvalue weighted by Crippen LogP contribution is 2.54. The monoisotopic (exact) mass is 610 g/mol. The average molecular weight is 612 g/mol. The van der Waals surface area contributed by atoms with Gasteiger partial charge in [0.2, 0.25) is 11.8 Å². The fraction of sp³-hybridized carbons (Fsp3) is 0.412. The molecule has 0 bridgehead atoms. The van der Waals surface area contributed by atoms with Gasteiger partial charge in [-0.3, -0.25) is 9.59 Å². The molecule has 1 aliphatic heterocycles. The predicted octanol–water partition coefficient (Wildman–Crippen LogP) is 8.73. The second-order valence-electron chi connectivity index (χ2n) is 12.0. The molecule has 2 fully saturated rings. The number of aryl methyl sites for hydroxylation is 1. The maximum atomic E-state index is 14.9. The van der Waals surface area contributed by atoms with Gasteiger partial charge in [0.25, 0.3) is 0 Å². The molecule has 0 spiro atoms. The van der Waals surface area contributed by atoms with Gasteiger partial charge in [-0.2, -0.15) is 0 Å². The number of nitrogens with one attached hydrogen (secondary N) is 1. The molecule has 0 radical (unpaired) electrons. The molecule has 1 saturated carbocycles. The molecule has 4 atom stereocenters. The summed E-state index contributed by atoms with van der Waals surface area (Å²) in [6.07, 6.45) is 3.23. The summed E-state index contributed by atoms with van der Waals surface area (Å²) in [6.45, 7) is 5.91. The molecular weight excluding hydrogens is 574 g/mol. The van der Waals surface area contributed by atoms with E-state index in [1.165, 1.54) is 6.07 Å². The summed E-state index contributed by atoms with van der Waals surface area (Å²) < 4.78 is 20.3. The van der Waals surface area contributed by atoms with Crippen LogP contribution in [0.15, 0.2) is 60.7 Å². The number of nitrogens with zero attached hydrogens (tertiary/aromatic N) is 1. The van der Waals surface area contributed by atoms with Gasteiger partial charge in [0.1, 0.15) is 11.6 Å². The van der Waals surface area contributed by atoms with E-state index >= 15 is 0 Å². The molecule has 3 aromatic carbocycles. The standard InChI is InChI=1S/C34H37Cl2FN2O3/c1-5-29(21-10-11-21)39-32(23-12-14-27(36)28(37)16-23)26(22-7-6-8-24(35)15-22)18-34(3,33(39)41)19-31(40)38-25-13-9-20(2)30(17-25)42-4/h6-9,12-17,21,26,29,32H,5,10-11,18-19H2,1-4H3,(H,38,40)/t26-,29-,32-,34-/m1/s1. The number of amides is 2. The number of halogens is 3. The first-order valence-corrected chi connectivity index (χ1v) is 15.3. The van der Waals surface area contributed by atoms with E-state index in [1.54, 1.807) is 19.2 Å². The Bertz CT molecular complexity index is 1490. The molecular formula is C34H37Cl2FN2O3. The number of methoxy groups -OCH3 is 1. The molecule has 8 heteroatoms. The fourth-order valence-corrected chi connectivity index (χ4v) is 6.96. The number of carbonyl (C=O) groups excluding carboxylic acids is 2. The molecule has 1 saturated heterocycles. The minimum Gasteiger partial charge on any atom is -0.496 e. The lowest BCUT2D eigenvalue weighted by atomic mass is 9.66. The van der Waals surface area contributed by atoms with E-state index in [0.717, 1.165) is 30.4 Å². The number of hydrogen-bond acceptors (Lipinski definition) is 3. The van der Waals surface area contributed by atoms with E-state index in [-0.39, 0.29) is 35.2 Å². The molecule has 5 rings (SSSR count). The number of likely N-dealkylation sites (tertiary alicyclic amines) is 1. The zero-order valence-electron chi connectivity index (χ0n) is 24.4. The second kappa shape index (κ2) is 12.3. The van der Waals surface area contributed by atoms with Gasteiger partial charge < -0.3 is 15.0 Å². The van der Waals surface area contributed by atoms with Gasteiger partial charge in [0.15, 0.2) is 0 Å². The SMILES string of the molecule is CC[C@H](C1CC1)N1C(=O)[C@@](C)(CC(=O)Nc2ccc(C)c(OC)c2)C[C@H](c2cccc(Cl)c2)[C@H]1c1ccc(Cl)c(F)c1. The van der Waals surface area contributed by atoms with Crippen LogP contribution < -0.4 is 10.1 Å². The molecule has 222 valence electrons. The van der Waals surface area contributed by atoms with Crippen LogP contribution in [0.1, 0.15) is 74.6 Å². The van der Waals surface area contributed by atoms with Crippen molar-refractivity contribution in [3.05, 3.63) is 93.2 Å². The van der Waals surface area contributed by atoms with E-state index in [9.17, 15) is 14.0 Å². The fourth-order valence-electron chi connectivity index (χ4n) is 6.64. The van der Waals surface area contributed by atoms with E-state index in [4.69, 9.17) is 27.9 Å². The first-order chi connectivity index (χ1) is 20.0. The zero-order valence-corrected chi connectivity index (χ0v) is 25.9. The summed E-state index contributed by atoms with van der Waals surface area (Å²) in [6, 6.07) is 17.5. The van der Waals surface area contributed by atoms with Crippen LogP contribution >= 0.6 is 23.2 Å². The van der Waals surface area contributed by atoms with Gasteiger partial charge in [0.05, 0.1) is 23.6 Å². The molecule has 1 heterocycles. The Kier molecular flexibility index (Phi) is 8.86. The van der Waals surface area contributed by atoms with E-state index in [0.29, 0.717) is 34.4 Å². The minimum atomic E-state index is -1.00. The Morgan fingerprint density at radius 3 is 2.52 bits per heavy atom. The second-order valence-corrected chi connectivity index (χ2v) is 12.8. The molecule has 2 aliphatic rings. The van der Waals surface area contributed by atoms with Crippen molar-refractivity contribution in [1.82, 2.24) is 4.90 Å². The van der Waals surface area contributed by atoms with Crippen LogP contribution in [0.5, 0.6) is 5.75 Å². The normalized spacial score (nSPS) is 23.0. The van der Waals surface area contributed by atoms with Crippen molar-refractivity contribution in [1.29, 1.82) is 0 Å². The van der Waals surface area contributed by atoms with Gasteiger partial charge in [-0.1, -0.05) is 61.3 Å². The van der Waals surface area contributed by atoms with Crippen molar-refractivity contribution >= 4 is 40.7 Å². The number of ether oxygens (including phenoxy) is 1. The molecule has 0 unspecified atom stereocenters. The molecule has 2 amide bonds. The van der Waals surface area contributed by atoms with Crippen LogP contribution in [-0.2, 0) is 9.59 Å². The van der Waals surface area contributed by atoms with E-state index in [2.05, 4.69) is 12.2 Å². The summed E-state index contributed by atoms with van der Waals surface area (Å²) in [5.74, 6) is -0.0456. The third-order valence-corrected chi connectivity index (χ3v) is 9.39. The van der Waals surface area contributed by atoms with Crippen LogP contribution in [-0.4, -0.2) is 29.9 Å². The summed E-state index contributed by atoms with van der Waals surface area (Å²) in [5.41, 5.74) is 2.19. The third kappa shape index (κ3) is 6.16. The molecule has 0 aromatic heterocycles. The lowest BCUT2D eigenvalue weighted by molar-refractivity contribution is -0.157. The quantitative estimate of drug-likeness (QED) is 0.263.